The standard InChI is InChI=1S/C19H19F4N3O3/c1-26(2)17(27)11-29-15-5-3-4-14(9-15)25-18(28)24-10-12-6-7-13(20)8-16(12)19(21,22)23/h3-9H,10-11H2,1-2H3,(H2,24,25,28). The van der Waals surface area contributed by atoms with Crippen LogP contribution in [0.15, 0.2) is 42.5 Å². The van der Waals surface area contributed by atoms with E-state index in [2.05, 4.69) is 10.6 Å². The Hall–Kier alpha value is -3.30. The van der Waals surface area contributed by atoms with Gasteiger partial charge in [0, 0.05) is 32.4 Å². The Morgan fingerprint density at radius 3 is 2.48 bits per heavy atom. The molecule has 156 valence electrons. The van der Waals surface area contributed by atoms with Gasteiger partial charge in [-0.15, -0.1) is 0 Å². The van der Waals surface area contributed by atoms with Gasteiger partial charge in [-0.3, -0.25) is 4.79 Å². The van der Waals surface area contributed by atoms with Crippen molar-refractivity contribution in [3.05, 3.63) is 59.4 Å². The van der Waals surface area contributed by atoms with Gasteiger partial charge in [-0.2, -0.15) is 13.2 Å². The summed E-state index contributed by atoms with van der Waals surface area (Å²) in [6, 6.07) is 7.64. The van der Waals surface area contributed by atoms with Crippen LogP contribution in [0.5, 0.6) is 5.75 Å². The zero-order valence-electron chi connectivity index (χ0n) is 15.6. The highest BCUT2D eigenvalue weighted by Crippen LogP contribution is 2.32. The number of carbonyl (C=O) groups excluding carboxylic acids is 2. The van der Waals surface area contributed by atoms with Gasteiger partial charge in [-0.05, 0) is 29.8 Å². The number of halogens is 4. The van der Waals surface area contributed by atoms with Gasteiger partial charge in [0.25, 0.3) is 5.91 Å². The normalized spacial score (nSPS) is 11.0. The van der Waals surface area contributed by atoms with Crippen molar-refractivity contribution in [1.82, 2.24) is 10.2 Å². The lowest BCUT2D eigenvalue weighted by Gasteiger charge is -2.14. The third-order valence-electron chi connectivity index (χ3n) is 3.77. The van der Waals surface area contributed by atoms with E-state index >= 15 is 0 Å². The van der Waals surface area contributed by atoms with Crippen molar-refractivity contribution < 1.29 is 31.9 Å². The van der Waals surface area contributed by atoms with Gasteiger partial charge < -0.3 is 20.3 Å². The molecule has 0 fully saturated rings. The fraction of sp³-hybridized carbons (Fsp3) is 0.263. The molecule has 2 aromatic carbocycles. The minimum Gasteiger partial charge on any atom is -0.484 e. The van der Waals surface area contributed by atoms with Crippen molar-refractivity contribution in [2.45, 2.75) is 12.7 Å². The lowest BCUT2D eigenvalue weighted by atomic mass is 10.1. The molecule has 10 heteroatoms. The van der Waals surface area contributed by atoms with E-state index in [-0.39, 0.29) is 18.1 Å². The molecule has 0 saturated carbocycles. The predicted molar refractivity (Wildman–Crippen MR) is 97.9 cm³/mol. The SMILES string of the molecule is CN(C)C(=O)COc1cccc(NC(=O)NCc2ccc(F)cc2C(F)(F)F)c1. The molecular formula is C19H19F4N3O3. The molecule has 2 rings (SSSR count). The summed E-state index contributed by atoms with van der Waals surface area (Å²) in [4.78, 5) is 24.9. The number of hydrogen-bond acceptors (Lipinski definition) is 3. The van der Waals surface area contributed by atoms with Crippen LogP contribution in [0.25, 0.3) is 0 Å². The Morgan fingerprint density at radius 2 is 1.83 bits per heavy atom. The smallest absolute Gasteiger partial charge is 0.416 e. The number of benzene rings is 2. The molecule has 0 aromatic heterocycles. The Bertz CT molecular complexity index is 885. The molecule has 29 heavy (non-hydrogen) atoms. The maximum atomic E-state index is 13.1. The van der Waals surface area contributed by atoms with Crippen LogP contribution in [-0.4, -0.2) is 37.5 Å². The summed E-state index contributed by atoms with van der Waals surface area (Å²) in [6.07, 6.45) is -4.74. The van der Waals surface area contributed by atoms with Crippen LogP contribution < -0.4 is 15.4 Å². The molecule has 2 aromatic rings. The van der Waals surface area contributed by atoms with Gasteiger partial charge in [-0.1, -0.05) is 12.1 Å². The van der Waals surface area contributed by atoms with Crippen LogP contribution >= 0.6 is 0 Å². The number of ether oxygens (including phenoxy) is 1. The highest BCUT2D eigenvalue weighted by atomic mass is 19.4. The highest BCUT2D eigenvalue weighted by Gasteiger charge is 2.33. The second-order valence-electron chi connectivity index (χ2n) is 6.21. The van der Waals surface area contributed by atoms with Crippen molar-refractivity contribution >= 4 is 17.6 Å². The van der Waals surface area contributed by atoms with Gasteiger partial charge in [0.05, 0.1) is 5.56 Å². The molecule has 0 bridgehead atoms. The second kappa shape index (κ2) is 9.26. The molecule has 0 aliphatic carbocycles. The van der Waals surface area contributed by atoms with E-state index in [1.807, 2.05) is 0 Å². The highest BCUT2D eigenvalue weighted by molar-refractivity contribution is 5.89. The topological polar surface area (TPSA) is 70.7 Å². The average molecular weight is 413 g/mol. The largest absolute Gasteiger partial charge is 0.484 e. The van der Waals surface area contributed by atoms with Gasteiger partial charge in [0.1, 0.15) is 11.6 Å². The van der Waals surface area contributed by atoms with Crippen molar-refractivity contribution in [2.75, 3.05) is 26.0 Å². The number of likely N-dealkylation sites (N-methyl/N-ethyl adjacent to an activating group) is 1. The molecule has 0 radical (unpaired) electrons. The van der Waals surface area contributed by atoms with Crippen LogP contribution in [-0.2, 0) is 17.5 Å². The lowest BCUT2D eigenvalue weighted by Crippen LogP contribution is -2.29. The van der Waals surface area contributed by atoms with Crippen LogP contribution in [0.1, 0.15) is 11.1 Å². The molecule has 0 atom stereocenters. The summed E-state index contributed by atoms with van der Waals surface area (Å²) in [7, 11) is 3.17. The summed E-state index contributed by atoms with van der Waals surface area (Å²) in [6.45, 7) is -0.637. The number of amides is 3. The minimum atomic E-state index is -4.74. The first-order chi connectivity index (χ1) is 13.6. The van der Waals surface area contributed by atoms with E-state index in [4.69, 9.17) is 4.74 Å². The van der Waals surface area contributed by atoms with Gasteiger partial charge in [0.15, 0.2) is 6.61 Å². The fourth-order valence-corrected chi connectivity index (χ4v) is 2.26. The van der Waals surface area contributed by atoms with E-state index in [1.165, 1.54) is 11.0 Å². The summed E-state index contributed by atoms with van der Waals surface area (Å²) in [5, 5.41) is 4.74. The molecule has 0 heterocycles. The zero-order chi connectivity index (χ0) is 21.6. The third-order valence-corrected chi connectivity index (χ3v) is 3.77. The number of anilines is 1. The van der Waals surface area contributed by atoms with Crippen LogP contribution in [0.4, 0.5) is 28.0 Å². The monoisotopic (exact) mass is 413 g/mol. The van der Waals surface area contributed by atoms with Crippen LogP contribution in [0.2, 0.25) is 0 Å². The third kappa shape index (κ3) is 6.66. The molecule has 0 aliphatic heterocycles. The first-order valence-electron chi connectivity index (χ1n) is 8.40. The molecular weight excluding hydrogens is 394 g/mol. The van der Waals surface area contributed by atoms with Gasteiger partial charge in [0.2, 0.25) is 0 Å². The van der Waals surface area contributed by atoms with Crippen LogP contribution in [0, 0.1) is 5.82 Å². The fourth-order valence-electron chi connectivity index (χ4n) is 2.26. The number of rotatable bonds is 6. The molecule has 3 amide bonds. The van der Waals surface area contributed by atoms with Gasteiger partial charge >= 0.3 is 12.2 Å². The molecule has 2 N–H and O–H groups in total. The Morgan fingerprint density at radius 1 is 1.10 bits per heavy atom. The van der Waals surface area contributed by atoms with Gasteiger partial charge in [-0.25, -0.2) is 9.18 Å². The molecule has 0 aliphatic rings. The van der Waals surface area contributed by atoms with Crippen molar-refractivity contribution in [3.8, 4) is 5.75 Å². The maximum absolute atomic E-state index is 13.1. The number of nitrogens with one attached hydrogen (secondary N) is 2. The number of hydrogen-bond donors (Lipinski definition) is 2. The van der Waals surface area contributed by atoms with Crippen molar-refractivity contribution in [2.24, 2.45) is 0 Å². The first-order valence-corrected chi connectivity index (χ1v) is 8.40. The van der Waals surface area contributed by atoms with E-state index in [0.717, 1.165) is 12.1 Å². The quantitative estimate of drug-likeness (QED) is 0.711. The number of alkyl halides is 3. The minimum absolute atomic E-state index is 0.187. The number of nitrogens with zero attached hydrogens (tertiary/aromatic N) is 1. The van der Waals surface area contributed by atoms with Crippen LogP contribution in [0.3, 0.4) is 0 Å². The number of carbonyl (C=O) groups is 2. The summed E-state index contributed by atoms with van der Waals surface area (Å²) in [5.74, 6) is -0.938. The second-order valence-corrected chi connectivity index (χ2v) is 6.21. The Labute approximate surface area is 164 Å². The molecule has 0 saturated heterocycles. The summed E-state index contributed by atoms with van der Waals surface area (Å²) < 4.78 is 57.4. The zero-order valence-corrected chi connectivity index (χ0v) is 15.6. The van der Waals surface area contributed by atoms with E-state index in [9.17, 15) is 27.2 Å². The predicted octanol–water partition coefficient (Wildman–Crippen LogP) is 3.63. The number of urea groups is 1. The Kier molecular flexibility index (Phi) is 7.03. The average Bonchev–Trinajstić information content (AvgIpc) is 2.64. The van der Waals surface area contributed by atoms with E-state index in [1.54, 1.807) is 32.3 Å². The lowest BCUT2D eigenvalue weighted by molar-refractivity contribution is -0.138. The van der Waals surface area contributed by atoms with E-state index < -0.39 is 30.1 Å². The molecule has 0 spiro atoms. The van der Waals surface area contributed by atoms with Crippen molar-refractivity contribution in [1.29, 1.82) is 0 Å². The van der Waals surface area contributed by atoms with Crippen molar-refractivity contribution in [3.63, 3.8) is 0 Å². The first kappa shape index (κ1) is 22.0. The molecule has 0 unspecified atom stereocenters. The maximum Gasteiger partial charge on any atom is 0.416 e. The Balaban J connectivity index is 1.97. The van der Waals surface area contributed by atoms with E-state index in [0.29, 0.717) is 17.5 Å². The summed E-state index contributed by atoms with van der Waals surface area (Å²) in [5.41, 5.74) is -1.11. The summed E-state index contributed by atoms with van der Waals surface area (Å²) >= 11 is 0. The molecule has 6 nitrogen and oxygen atoms in total.